The molecule has 2 unspecified atom stereocenters. The Morgan fingerprint density at radius 2 is 1.94 bits per heavy atom. The van der Waals surface area contributed by atoms with Crippen LogP contribution in [0.15, 0.2) is 0 Å². The van der Waals surface area contributed by atoms with E-state index in [4.69, 9.17) is 0 Å². The topological polar surface area (TPSA) is 32.3 Å². The van der Waals surface area contributed by atoms with Crippen LogP contribution < -0.4 is 5.32 Å². The normalized spacial score (nSPS) is 26.1. The van der Waals surface area contributed by atoms with Gasteiger partial charge in [0.2, 0.25) is 5.91 Å². The summed E-state index contributed by atoms with van der Waals surface area (Å²) in [6.45, 7) is 13.8. The summed E-state index contributed by atoms with van der Waals surface area (Å²) in [5.74, 6) is 0.653. The third-order valence-electron chi connectivity index (χ3n) is 3.17. The predicted octanol–water partition coefficient (Wildman–Crippen LogP) is 2.62. The number of nitrogens with zero attached hydrogens (tertiary/aromatic N) is 1. The molecule has 0 aromatic heterocycles. The van der Waals surface area contributed by atoms with E-state index in [0.717, 1.165) is 19.4 Å². The van der Waals surface area contributed by atoms with E-state index >= 15 is 0 Å². The van der Waals surface area contributed by atoms with Gasteiger partial charge >= 0.3 is 0 Å². The predicted molar refractivity (Wildman–Crippen MR) is 71.6 cm³/mol. The molecule has 1 aliphatic rings. The highest BCUT2D eigenvalue weighted by Gasteiger charge is 2.40. The Hall–Kier alpha value is -0.570. The van der Waals surface area contributed by atoms with Crippen molar-refractivity contribution < 1.29 is 4.79 Å². The smallest absolute Gasteiger partial charge is 0.241 e. The molecule has 1 rings (SSSR count). The maximum absolute atomic E-state index is 12.4. The minimum absolute atomic E-state index is 0.00824. The van der Waals surface area contributed by atoms with E-state index in [9.17, 15) is 4.79 Å². The molecule has 2 atom stereocenters. The summed E-state index contributed by atoms with van der Waals surface area (Å²) >= 11 is 0. The third kappa shape index (κ3) is 3.70. The number of hydrogen-bond donors (Lipinski definition) is 1. The zero-order valence-electron chi connectivity index (χ0n) is 12.2. The molecule has 1 fully saturated rings. The minimum Gasteiger partial charge on any atom is -0.325 e. The number of hydrogen-bond acceptors (Lipinski definition) is 2. The molecule has 0 bridgehead atoms. The largest absolute Gasteiger partial charge is 0.325 e. The van der Waals surface area contributed by atoms with Crippen LogP contribution in [0.1, 0.15) is 54.4 Å². The van der Waals surface area contributed by atoms with Crippen LogP contribution in [0.5, 0.6) is 0 Å². The first kappa shape index (κ1) is 14.5. The van der Waals surface area contributed by atoms with E-state index in [1.165, 1.54) is 0 Å². The first-order valence-corrected chi connectivity index (χ1v) is 6.83. The highest BCUT2D eigenvalue weighted by Crippen LogP contribution is 2.24. The van der Waals surface area contributed by atoms with Crippen LogP contribution in [-0.4, -0.2) is 29.6 Å². The van der Waals surface area contributed by atoms with E-state index in [0.29, 0.717) is 5.92 Å². The molecule has 0 aromatic rings. The number of rotatable bonds is 4. The van der Waals surface area contributed by atoms with Gasteiger partial charge in [-0.15, -0.1) is 0 Å². The van der Waals surface area contributed by atoms with Crippen molar-refractivity contribution in [3.8, 4) is 0 Å². The molecule has 0 aliphatic carbocycles. The molecular weight excluding hydrogens is 212 g/mol. The first-order valence-electron chi connectivity index (χ1n) is 6.83. The van der Waals surface area contributed by atoms with Crippen molar-refractivity contribution in [2.45, 2.75) is 66.6 Å². The van der Waals surface area contributed by atoms with Crippen molar-refractivity contribution in [1.82, 2.24) is 10.2 Å². The molecule has 1 saturated heterocycles. The van der Waals surface area contributed by atoms with Crippen molar-refractivity contribution in [2.75, 3.05) is 6.54 Å². The van der Waals surface area contributed by atoms with Crippen LogP contribution >= 0.6 is 0 Å². The van der Waals surface area contributed by atoms with E-state index in [2.05, 4.69) is 46.9 Å². The van der Waals surface area contributed by atoms with Gasteiger partial charge in [-0.1, -0.05) is 48.0 Å². The zero-order chi connectivity index (χ0) is 13.2. The maximum Gasteiger partial charge on any atom is 0.241 e. The molecule has 1 aliphatic heterocycles. The van der Waals surface area contributed by atoms with Gasteiger partial charge in [0, 0.05) is 6.54 Å². The van der Waals surface area contributed by atoms with Gasteiger partial charge in [-0.25, -0.2) is 0 Å². The molecule has 0 aromatic carbocycles. The lowest BCUT2D eigenvalue weighted by molar-refractivity contribution is -0.132. The van der Waals surface area contributed by atoms with Gasteiger partial charge in [0.05, 0.1) is 12.2 Å². The van der Waals surface area contributed by atoms with Crippen LogP contribution in [-0.2, 0) is 4.79 Å². The lowest BCUT2D eigenvalue weighted by Crippen LogP contribution is -2.42. The van der Waals surface area contributed by atoms with Gasteiger partial charge in [-0.2, -0.15) is 0 Å². The van der Waals surface area contributed by atoms with Crippen LogP contribution in [0.25, 0.3) is 0 Å². The Labute approximate surface area is 106 Å². The van der Waals surface area contributed by atoms with Crippen LogP contribution in [0.4, 0.5) is 0 Å². The molecule has 1 heterocycles. The maximum atomic E-state index is 12.4. The fraction of sp³-hybridized carbons (Fsp3) is 0.929. The van der Waals surface area contributed by atoms with Gasteiger partial charge in [0.1, 0.15) is 0 Å². The molecule has 17 heavy (non-hydrogen) atoms. The number of nitrogens with one attached hydrogen (secondary N) is 1. The Bertz CT molecular complexity index is 268. The Morgan fingerprint density at radius 1 is 1.35 bits per heavy atom. The Morgan fingerprint density at radius 3 is 2.35 bits per heavy atom. The summed E-state index contributed by atoms with van der Waals surface area (Å²) in [6.07, 6.45) is 2.39. The Kier molecular flexibility index (Phi) is 4.59. The number of carbonyl (C=O) groups is 1. The van der Waals surface area contributed by atoms with Gasteiger partial charge in [0.15, 0.2) is 0 Å². The fourth-order valence-corrected chi connectivity index (χ4v) is 2.39. The van der Waals surface area contributed by atoms with Crippen molar-refractivity contribution in [3.63, 3.8) is 0 Å². The van der Waals surface area contributed by atoms with Crippen molar-refractivity contribution in [1.29, 1.82) is 0 Å². The second-order valence-corrected chi connectivity index (χ2v) is 6.72. The zero-order valence-corrected chi connectivity index (χ0v) is 12.2. The van der Waals surface area contributed by atoms with Crippen molar-refractivity contribution >= 4 is 5.91 Å². The van der Waals surface area contributed by atoms with Crippen LogP contribution in [0.3, 0.4) is 0 Å². The second kappa shape index (κ2) is 5.38. The average Bonchev–Trinajstić information content (AvgIpc) is 2.44. The molecule has 0 radical (unpaired) electrons. The van der Waals surface area contributed by atoms with Crippen molar-refractivity contribution in [3.05, 3.63) is 0 Å². The monoisotopic (exact) mass is 240 g/mol. The molecule has 100 valence electrons. The number of amides is 1. The molecular formula is C14H28N2O. The Balaban J connectivity index is 2.79. The summed E-state index contributed by atoms with van der Waals surface area (Å²) in [5.41, 5.74) is 0.162. The number of carbonyl (C=O) groups excluding carboxylic acids is 1. The highest BCUT2D eigenvalue weighted by atomic mass is 16.2. The fourth-order valence-electron chi connectivity index (χ4n) is 2.39. The molecule has 0 saturated carbocycles. The average molecular weight is 240 g/mol. The summed E-state index contributed by atoms with van der Waals surface area (Å²) in [6, 6.07) is 0.00824. The van der Waals surface area contributed by atoms with E-state index in [-0.39, 0.29) is 23.5 Å². The summed E-state index contributed by atoms with van der Waals surface area (Å²) in [7, 11) is 0. The first-order chi connectivity index (χ1) is 7.76. The van der Waals surface area contributed by atoms with Gasteiger partial charge in [-0.3, -0.25) is 10.1 Å². The minimum atomic E-state index is 0.00824. The molecule has 3 heteroatoms. The van der Waals surface area contributed by atoms with Crippen LogP contribution in [0.2, 0.25) is 0 Å². The summed E-state index contributed by atoms with van der Waals surface area (Å²) in [4.78, 5) is 14.4. The summed E-state index contributed by atoms with van der Waals surface area (Å²) in [5, 5.41) is 3.49. The lowest BCUT2D eigenvalue weighted by Gasteiger charge is -2.30. The highest BCUT2D eigenvalue weighted by molar-refractivity contribution is 5.84. The van der Waals surface area contributed by atoms with Crippen LogP contribution in [0, 0.1) is 11.3 Å². The van der Waals surface area contributed by atoms with E-state index in [1.54, 1.807) is 0 Å². The van der Waals surface area contributed by atoms with Crippen molar-refractivity contribution in [2.24, 2.45) is 11.3 Å². The third-order valence-corrected chi connectivity index (χ3v) is 3.17. The van der Waals surface area contributed by atoms with E-state index < -0.39 is 0 Å². The lowest BCUT2D eigenvalue weighted by atomic mass is 9.95. The van der Waals surface area contributed by atoms with Gasteiger partial charge in [-0.05, 0) is 17.8 Å². The summed E-state index contributed by atoms with van der Waals surface area (Å²) < 4.78 is 0. The standard InChI is InChI=1S/C14H28N2O/c1-7-8-11-15-12(10(2)3)13(17)16(11)9-14(4,5)6/h10-12,15H,7-9H2,1-6H3. The second-order valence-electron chi connectivity index (χ2n) is 6.72. The SMILES string of the molecule is CCCC1NC(C(C)C)C(=O)N1CC(C)(C)C. The quantitative estimate of drug-likeness (QED) is 0.819. The molecule has 3 nitrogen and oxygen atoms in total. The van der Waals surface area contributed by atoms with Gasteiger partial charge < -0.3 is 4.90 Å². The van der Waals surface area contributed by atoms with E-state index in [1.807, 2.05) is 4.90 Å². The molecule has 1 amide bonds. The molecule has 0 spiro atoms. The molecule has 1 N–H and O–H groups in total. The van der Waals surface area contributed by atoms with Gasteiger partial charge in [0.25, 0.3) is 0 Å².